The number of hydrogen-bond acceptors (Lipinski definition) is 3. The lowest BCUT2D eigenvalue weighted by Crippen LogP contribution is -2.38. The molecule has 0 unspecified atom stereocenters. The van der Waals surface area contributed by atoms with E-state index in [2.05, 4.69) is 0 Å². The fourth-order valence-electron chi connectivity index (χ4n) is 3.05. The number of amides is 2. The van der Waals surface area contributed by atoms with Crippen molar-refractivity contribution in [3.8, 4) is 0 Å². The molecule has 1 aliphatic heterocycles. The number of nitrogens with zero attached hydrogens (tertiary/aromatic N) is 2. The Balaban J connectivity index is 1.54. The molecule has 4 nitrogen and oxygen atoms in total. The predicted molar refractivity (Wildman–Crippen MR) is 105 cm³/mol. The highest BCUT2D eigenvalue weighted by atomic mass is 32.2. The molecule has 2 amide bonds. The maximum Gasteiger partial charge on any atom is 0.256 e. The molecule has 3 rings (SSSR count). The van der Waals surface area contributed by atoms with Crippen LogP contribution in [0.5, 0.6) is 0 Å². The zero-order valence-electron chi connectivity index (χ0n) is 15.4. The lowest BCUT2D eigenvalue weighted by Gasteiger charge is -2.22. The minimum Gasteiger partial charge on any atom is -0.340 e. The normalized spacial score (nSPS) is 14.7. The molecule has 0 spiro atoms. The van der Waals surface area contributed by atoms with E-state index in [0.29, 0.717) is 38.4 Å². The fourth-order valence-corrected chi connectivity index (χ4v) is 3.85. The predicted octanol–water partition coefficient (Wildman–Crippen LogP) is 3.60. The summed E-state index contributed by atoms with van der Waals surface area (Å²) in [4.78, 5) is 29.6. The summed E-state index contributed by atoms with van der Waals surface area (Å²) in [7, 11) is 0. The largest absolute Gasteiger partial charge is 0.340 e. The van der Waals surface area contributed by atoms with Crippen molar-refractivity contribution in [2.75, 3.05) is 31.9 Å². The van der Waals surface area contributed by atoms with Crippen LogP contribution in [-0.2, 0) is 4.79 Å². The van der Waals surface area contributed by atoms with E-state index in [1.54, 1.807) is 21.9 Å². The molecule has 0 bridgehead atoms. The molecule has 27 heavy (non-hydrogen) atoms. The van der Waals surface area contributed by atoms with Gasteiger partial charge in [-0.3, -0.25) is 9.59 Å². The standard InChI is InChI=1S/C21H23FN2O2S/c1-16-7-9-17(10-8-16)27-15-20(25)23-11-4-12-24(14-13-23)21(26)18-5-2-3-6-19(18)22/h2-3,5-10H,4,11-15H2,1H3. The van der Waals surface area contributed by atoms with Gasteiger partial charge in [0.2, 0.25) is 5.91 Å². The van der Waals surface area contributed by atoms with Crippen LogP contribution in [0.2, 0.25) is 0 Å². The number of hydrogen-bond donors (Lipinski definition) is 0. The molecule has 2 aromatic rings. The minimum absolute atomic E-state index is 0.0702. The van der Waals surface area contributed by atoms with Gasteiger partial charge in [0.25, 0.3) is 5.91 Å². The van der Waals surface area contributed by atoms with Crippen molar-refractivity contribution in [1.29, 1.82) is 0 Å². The number of aryl methyl sites for hydroxylation is 1. The van der Waals surface area contributed by atoms with Gasteiger partial charge in [0.05, 0.1) is 11.3 Å². The van der Waals surface area contributed by atoms with E-state index in [9.17, 15) is 14.0 Å². The highest BCUT2D eigenvalue weighted by molar-refractivity contribution is 8.00. The molecule has 6 heteroatoms. The summed E-state index contributed by atoms with van der Waals surface area (Å²) in [5, 5.41) is 0. The Bertz CT molecular complexity index is 810. The molecular weight excluding hydrogens is 363 g/mol. The van der Waals surface area contributed by atoms with Crippen LogP contribution in [0.15, 0.2) is 53.4 Å². The van der Waals surface area contributed by atoms with Crippen LogP contribution in [0.25, 0.3) is 0 Å². The van der Waals surface area contributed by atoms with Crippen LogP contribution >= 0.6 is 11.8 Å². The van der Waals surface area contributed by atoms with Gasteiger partial charge in [-0.1, -0.05) is 29.8 Å². The Morgan fingerprint density at radius 1 is 0.963 bits per heavy atom. The number of carbonyl (C=O) groups excluding carboxylic acids is 2. The van der Waals surface area contributed by atoms with Crippen molar-refractivity contribution in [2.24, 2.45) is 0 Å². The first-order chi connectivity index (χ1) is 13.0. The van der Waals surface area contributed by atoms with Crippen molar-refractivity contribution in [1.82, 2.24) is 9.80 Å². The third kappa shape index (κ3) is 5.10. The second kappa shape index (κ2) is 9.04. The molecule has 142 valence electrons. The van der Waals surface area contributed by atoms with Gasteiger partial charge >= 0.3 is 0 Å². The molecule has 0 aliphatic carbocycles. The zero-order chi connectivity index (χ0) is 19.2. The molecule has 0 aromatic heterocycles. The number of thioether (sulfide) groups is 1. The summed E-state index contributed by atoms with van der Waals surface area (Å²) in [6, 6.07) is 14.1. The number of benzene rings is 2. The van der Waals surface area contributed by atoms with Gasteiger partial charge < -0.3 is 9.80 Å². The van der Waals surface area contributed by atoms with Crippen molar-refractivity contribution >= 4 is 23.6 Å². The molecule has 1 aliphatic rings. The number of rotatable bonds is 4. The SMILES string of the molecule is Cc1ccc(SCC(=O)N2CCCN(C(=O)c3ccccc3F)CC2)cc1. The molecule has 1 saturated heterocycles. The van der Waals surface area contributed by atoms with E-state index in [0.717, 1.165) is 4.90 Å². The number of halogens is 1. The Hall–Kier alpha value is -2.34. The van der Waals surface area contributed by atoms with Crippen LogP contribution in [-0.4, -0.2) is 53.5 Å². The van der Waals surface area contributed by atoms with Crippen LogP contribution < -0.4 is 0 Å². The highest BCUT2D eigenvalue weighted by Gasteiger charge is 2.24. The third-order valence-electron chi connectivity index (χ3n) is 4.62. The van der Waals surface area contributed by atoms with E-state index in [-0.39, 0.29) is 17.4 Å². The van der Waals surface area contributed by atoms with Crippen molar-refractivity contribution in [3.63, 3.8) is 0 Å². The average molecular weight is 386 g/mol. The van der Waals surface area contributed by atoms with E-state index in [1.807, 2.05) is 31.2 Å². The fraction of sp³-hybridized carbons (Fsp3) is 0.333. The van der Waals surface area contributed by atoms with Gasteiger partial charge in [-0.2, -0.15) is 0 Å². The topological polar surface area (TPSA) is 40.6 Å². The maximum atomic E-state index is 13.9. The molecule has 0 atom stereocenters. The minimum atomic E-state index is -0.505. The smallest absolute Gasteiger partial charge is 0.256 e. The summed E-state index contributed by atoms with van der Waals surface area (Å²) in [6.45, 7) is 4.09. The molecule has 0 saturated carbocycles. The third-order valence-corrected chi connectivity index (χ3v) is 5.62. The molecule has 2 aromatic carbocycles. The van der Waals surface area contributed by atoms with Crippen LogP contribution in [0, 0.1) is 12.7 Å². The van der Waals surface area contributed by atoms with Crippen molar-refractivity contribution in [3.05, 3.63) is 65.5 Å². The van der Waals surface area contributed by atoms with Gasteiger partial charge in [0.15, 0.2) is 0 Å². The number of carbonyl (C=O) groups is 2. The molecule has 0 radical (unpaired) electrons. The zero-order valence-corrected chi connectivity index (χ0v) is 16.2. The van der Waals surface area contributed by atoms with Gasteiger partial charge in [0, 0.05) is 31.1 Å². The van der Waals surface area contributed by atoms with Gasteiger partial charge in [-0.05, 0) is 37.6 Å². The van der Waals surface area contributed by atoms with Gasteiger partial charge in [0.1, 0.15) is 5.82 Å². The van der Waals surface area contributed by atoms with Crippen LogP contribution in [0.4, 0.5) is 4.39 Å². The first-order valence-electron chi connectivity index (χ1n) is 9.05. The average Bonchev–Trinajstić information content (AvgIpc) is 2.93. The van der Waals surface area contributed by atoms with Crippen molar-refractivity contribution < 1.29 is 14.0 Å². The highest BCUT2D eigenvalue weighted by Crippen LogP contribution is 2.19. The van der Waals surface area contributed by atoms with E-state index < -0.39 is 5.82 Å². The summed E-state index contributed by atoms with van der Waals surface area (Å²) in [6.07, 6.45) is 0.696. The second-order valence-electron chi connectivity index (χ2n) is 6.61. The first kappa shape index (κ1) is 19.4. The first-order valence-corrected chi connectivity index (χ1v) is 10.0. The Kier molecular flexibility index (Phi) is 6.50. The molecular formula is C21H23FN2O2S. The summed E-state index contributed by atoms with van der Waals surface area (Å²) >= 11 is 1.52. The van der Waals surface area contributed by atoms with E-state index in [1.165, 1.54) is 29.5 Å². The van der Waals surface area contributed by atoms with Crippen molar-refractivity contribution in [2.45, 2.75) is 18.2 Å². The van der Waals surface area contributed by atoms with Crippen LogP contribution in [0.1, 0.15) is 22.3 Å². The summed E-state index contributed by atoms with van der Waals surface area (Å²) in [5.41, 5.74) is 1.28. The van der Waals surface area contributed by atoms with Gasteiger partial charge in [-0.25, -0.2) is 4.39 Å². The maximum absolute atomic E-state index is 13.9. The lowest BCUT2D eigenvalue weighted by atomic mass is 10.2. The Morgan fingerprint density at radius 2 is 1.63 bits per heavy atom. The Morgan fingerprint density at radius 3 is 2.37 bits per heavy atom. The monoisotopic (exact) mass is 386 g/mol. The second-order valence-corrected chi connectivity index (χ2v) is 7.66. The Labute approximate surface area is 163 Å². The van der Waals surface area contributed by atoms with E-state index >= 15 is 0 Å². The molecule has 1 heterocycles. The van der Waals surface area contributed by atoms with Gasteiger partial charge in [-0.15, -0.1) is 11.8 Å². The lowest BCUT2D eigenvalue weighted by molar-refractivity contribution is -0.128. The molecule has 0 N–H and O–H groups in total. The molecule has 1 fully saturated rings. The summed E-state index contributed by atoms with van der Waals surface area (Å²) < 4.78 is 13.9. The summed E-state index contributed by atoms with van der Waals surface area (Å²) in [5.74, 6) is -0.365. The van der Waals surface area contributed by atoms with E-state index in [4.69, 9.17) is 0 Å². The quantitative estimate of drug-likeness (QED) is 0.754. The van der Waals surface area contributed by atoms with Crippen LogP contribution in [0.3, 0.4) is 0 Å².